The summed E-state index contributed by atoms with van der Waals surface area (Å²) in [5.41, 5.74) is 4.36. The highest BCUT2D eigenvalue weighted by Crippen LogP contribution is 2.21. The Morgan fingerprint density at radius 1 is 1.12 bits per heavy atom. The number of carbonyl (C=O) groups is 2. The first-order valence-corrected chi connectivity index (χ1v) is 11.2. The zero-order chi connectivity index (χ0) is 23.3. The van der Waals surface area contributed by atoms with Crippen LogP contribution in [-0.2, 0) is 20.7 Å². The minimum absolute atomic E-state index is 0.0328. The molecule has 9 nitrogen and oxygen atoms in total. The predicted octanol–water partition coefficient (Wildman–Crippen LogP) is 1.83. The number of nitrogens with one attached hydrogen (secondary N) is 1. The minimum Gasteiger partial charge on any atom is -0.385 e. The van der Waals surface area contributed by atoms with Crippen LogP contribution in [0.2, 0.25) is 0 Å². The maximum Gasteiger partial charge on any atom is 0.251 e. The molecular formula is C23H34N6O3. The van der Waals surface area contributed by atoms with Crippen molar-refractivity contribution in [2.75, 3.05) is 33.4 Å². The predicted molar refractivity (Wildman–Crippen MR) is 121 cm³/mol. The molecule has 0 unspecified atom stereocenters. The molecule has 0 aromatic carbocycles. The highest BCUT2D eigenvalue weighted by atomic mass is 16.5. The Morgan fingerprint density at radius 3 is 2.41 bits per heavy atom. The number of nitrogens with zero attached hydrogens (tertiary/aromatic N) is 5. The second-order valence-corrected chi connectivity index (χ2v) is 8.48. The van der Waals surface area contributed by atoms with Crippen molar-refractivity contribution >= 4 is 11.8 Å². The molecule has 1 aliphatic rings. The standard InChI is InChI=1S/C23H34N6O3/c1-15-13-16(2)26-23(25-15)29-18(4)20(17(3)27-29)14-21(30)28-10-7-19(8-11-28)22(31)24-9-6-12-32-5/h13,19H,6-12,14H2,1-5H3,(H,24,31). The quantitative estimate of drug-likeness (QED) is 0.626. The number of ether oxygens (including phenoxy) is 1. The summed E-state index contributed by atoms with van der Waals surface area (Å²) in [7, 11) is 1.65. The number of aryl methyl sites for hydroxylation is 3. The number of carbonyl (C=O) groups excluding carboxylic acids is 2. The molecule has 0 bridgehead atoms. The Bertz CT molecular complexity index is 943. The van der Waals surface area contributed by atoms with E-state index in [1.54, 1.807) is 11.8 Å². The molecule has 0 radical (unpaired) electrons. The van der Waals surface area contributed by atoms with Crippen LogP contribution in [0, 0.1) is 33.6 Å². The summed E-state index contributed by atoms with van der Waals surface area (Å²) >= 11 is 0. The van der Waals surface area contributed by atoms with Crippen LogP contribution in [-0.4, -0.2) is 69.8 Å². The SMILES string of the molecule is COCCCNC(=O)C1CCN(C(=O)Cc2c(C)nn(-c3nc(C)cc(C)n3)c2C)CC1. The van der Waals surface area contributed by atoms with E-state index < -0.39 is 0 Å². The third kappa shape index (κ3) is 5.70. The number of hydrogen-bond donors (Lipinski definition) is 1. The van der Waals surface area contributed by atoms with Gasteiger partial charge in [-0.25, -0.2) is 14.6 Å². The minimum atomic E-state index is -0.0328. The summed E-state index contributed by atoms with van der Waals surface area (Å²) in [6.07, 6.45) is 2.47. The Morgan fingerprint density at radius 2 is 1.78 bits per heavy atom. The van der Waals surface area contributed by atoms with Gasteiger partial charge in [0.05, 0.1) is 12.1 Å². The zero-order valence-electron chi connectivity index (χ0n) is 19.8. The van der Waals surface area contributed by atoms with Crippen LogP contribution >= 0.6 is 0 Å². The highest BCUT2D eigenvalue weighted by molar-refractivity contribution is 5.81. The molecule has 0 saturated carbocycles. The van der Waals surface area contributed by atoms with E-state index in [4.69, 9.17) is 4.74 Å². The molecule has 9 heteroatoms. The fourth-order valence-corrected chi connectivity index (χ4v) is 4.15. The first-order chi connectivity index (χ1) is 15.3. The number of hydrogen-bond acceptors (Lipinski definition) is 6. The number of aromatic nitrogens is 4. The van der Waals surface area contributed by atoms with Crippen LogP contribution < -0.4 is 5.32 Å². The molecule has 0 spiro atoms. The monoisotopic (exact) mass is 442 g/mol. The molecule has 2 aromatic heterocycles. The van der Waals surface area contributed by atoms with Crippen LogP contribution in [0.5, 0.6) is 0 Å². The maximum atomic E-state index is 13.0. The van der Waals surface area contributed by atoms with E-state index in [9.17, 15) is 9.59 Å². The largest absolute Gasteiger partial charge is 0.385 e. The lowest BCUT2D eigenvalue weighted by molar-refractivity contribution is -0.135. The van der Waals surface area contributed by atoms with E-state index in [1.807, 2.05) is 38.7 Å². The lowest BCUT2D eigenvalue weighted by Gasteiger charge is -2.31. The van der Waals surface area contributed by atoms with Gasteiger partial charge in [-0.05, 0) is 53.0 Å². The number of rotatable bonds is 8. The molecule has 1 saturated heterocycles. The number of amides is 2. The molecular weight excluding hydrogens is 408 g/mol. The van der Waals surface area contributed by atoms with E-state index in [0.717, 1.165) is 34.8 Å². The Labute approximate surface area is 189 Å². The molecule has 3 heterocycles. The molecule has 2 amide bonds. The Balaban J connectivity index is 1.59. The normalized spacial score (nSPS) is 14.6. The summed E-state index contributed by atoms with van der Waals surface area (Å²) in [6, 6.07) is 1.92. The van der Waals surface area contributed by atoms with Crippen molar-refractivity contribution in [3.05, 3.63) is 34.4 Å². The lowest BCUT2D eigenvalue weighted by Crippen LogP contribution is -2.43. The molecule has 1 aliphatic heterocycles. The van der Waals surface area contributed by atoms with Gasteiger partial charge >= 0.3 is 0 Å². The van der Waals surface area contributed by atoms with Gasteiger partial charge in [0.15, 0.2) is 0 Å². The van der Waals surface area contributed by atoms with E-state index >= 15 is 0 Å². The van der Waals surface area contributed by atoms with Gasteiger partial charge in [0.25, 0.3) is 5.95 Å². The van der Waals surface area contributed by atoms with Crippen molar-refractivity contribution in [3.8, 4) is 5.95 Å². The molecule has 0 aliphatic carbocycles. The average molecular weight is 443 g/mol. The third-order valence-electron chi connectivity index (χ3n) is 5.97. The summed E-state index contributed by atoms with van der Waals surface area (Å²) in [6.45, 7) is 10.2. The number of methoxy groups -OCH3 is 1. The average Bonchev–Trinajstić information content (AvgIpc) is 3.04. The number of piperidine rings is 1. The van der Waals surface area contributed by atoms with Crippen molar-refractivity contribution in [2.24, 2.45) is 5.92 Å². The molecule has 3 rings (SSSR count). The van der Waals surface area contributed by atoms with Gasteiger partial charge in [-0.15, -0.1) is 0 Å². The van der Waals surface area contributed by atoms with Gasteiger partial charge in [-0.3, -0.25) is 9.59 Å². The van der Waals surface area contributed by atoms with Crippen molar-refractivity contribution in [3.63, 3.8) is 0 Å². The fourth-order valence-electron chi connectivity index (χ4n) is 4.15. The molecule has 1 N–H and O–H groups in total. The molecule has 174 valence electrons. The molecule has 2 aromatic rings. The van der Waals surface area contributed by atoms with Crippen LogP contribution in [0.15, 0.2) is 6.07 Å². The molecule has 32 heavy (non-hydrogen) atoms. The maximum absolute atomic E-state index is 13.0. The van der Waals surface area contributed by atoms with E-state index in [-0.39, 0.29) is 24.2 Å². The van der Waals surface area contributed by atoms with Gasteiger partial charge in [0.1, 0.15) is 0 Å². The van der Waals surface area contributed by atoms with Crippen molar-refractivity contribution < 1.29 is 14.3 Å². The van der Waals surface area contributed by atoms with Crippen molar-refractivity contribution in [1.82, 2.24) is 30.0 Å². The van der Waals surface area contributed by atoms with Gasteiger partial charge in [-0.2, -0.15) is 5.10 Å². The van der Waals surface area contributed by atoms with E-state index in [2.05, 4.69) is 20.4 Å². The lowest BCUT2D eigenvalue weighted by atomic mass is 9.95. The fraction of sp³-hybridized carbons (Fsp3) is 0.609. The van der Waals surface area contributed by atoms with Crippen LogP contribution in [0.3, 0.4) is 0 Å². The van der Waals surface area contributed by atoms with Gasteiger partial charge in [0.2, 0.25) is 11.8 Å². The van der Waals surface area contributed by atoms with Crippen LogP contribution in [0.1, 0.15) is 47.6 Å². The zero-order valence-corrected chi connectivity index (χ0v) is 19.8. The van der Waals surface area contributed by atoms with Gasteiger partial charge < -0.3 is 15.0 Å². The van der Waals surface area contributed by atoms with Crippen LogP contribution in [0.25, 0.3) is 5.95 Å². The highest BCUT2D eigenvalue weighted by Gasteiger charge is 2.28. The first-order valence-electron chi connectivity index (χ1n) is 11.2. The van der Waals surface area contributed by atoms with E-state index in [0.29, 0.717) is 45.0 Å². The van der Waals surface area contributed by atoms with E-state index in [1.165, 1.54) is 0 Å². The second-order valence-electron chi connectivity index (χ2n) is 8.48. The topological polar surface area (TPSA) is 102 Å². The van der Waals surface area contributed by atoms with Crippen molar-refractivity contribution in [1.29, 1.82) is 0 Å². The van der Waals surface area contributed by atoms with Gasteiger partial charge in [0, 0.05) is 61.9 Å². The summed E-state index contributed by atoms with van der Waals surface area (Å²) < 4.78 is 6.72. The smallest absolute Gasteiger partial charge is 0.251 e. The second kappa shape index (κ2) is 10.7. The third-order valence-corrected chi connectivity index (χ3v) is 5.97. The van der Waals surface area contributed by atoms with Gasteiger partial charge in [-0.1, -0.05) is 0 Å². The summed E-state index contributed by atoms with van der Waals surface area (Å²) in [4.78, 5) is 36.2. The summed E-state index contributed by atoms with van der Waals surface area (Å²) in [5, 5.41) is 7.56. The molecule has 1 fully saturated rings. The van der Waals surface area contributed by atoms with Crippen molar-refractivity contribution in [2.45, 2.75) is 53.4 Å². The Hall–Kier alpha value is -2.81. The number of likely N-dealkylation sites (tertiary alicyclic amines) is 1. The molecule has 0 atom stereocenters. The first kappa shape index (κ1) is 23.8. The summed E-state index contributed by atoms with van der Waals surface area (Å²) in [5.74, 6) is 0.638. The Kier molecular flexibility index (Phi) is 7.95. The van der Waals surface area contributed by atoms with Crippen LogP contribution in [0.4, 0.5) is 0 Å².